The summed E-state index contributed by atoms with van der Waals surface area (Å²) in [7, 11) is 1.58. The van der Waals surface area contributed by atoms with E-state index < -0.39 is 0 Å². The highest BCUT2D eigenvalue weighted by Crippen LogP contribution is 2.49. The van der Waals surface area contributed by atoms with E-state index >= 15 is 0 Å². The van der Waals surface area contributed by atoms with Crippen LogP contribution in [0, 0.1) is 17.8 Å². The van der Waals surface area contributed by atoms with Crippen molar-refractivity contribution in [3.8, 4) is 5.75 Å². The molecule has 1 aromatic heterocycles. The predicted molar refractivity (Wildman–Crippen MR) is 152 cm³/mol. The molecule has 2 fully saturated rings. The molecule has 4 aromatic rings. The highest BCUT2D eigenvalue weighted by Gasteiger charge is 2.42. The zero-order valence-electron chi connectivity index (χ0n) is 21.7. The molecule has 6 rings (SSSR count). The van der Waals surface area contributed by atoms with E-state index in [4.69, 9.17) is 9.15 Å². The van der Waals surface area contributed by atoms with Gasteiger partial charge < -0.3 is 19.8 Å². The lowest BCUT2D eigenvalue weighted by Gasteiger charge is -2.28. The van der Waals surface area contributed by atoms with Gasteiger partial charge in [-0.15, -0.1) is 11.8 Å². The minimum absolute atomic E-state index is 0.0116. The number of rotatable bonds is 8. The second-order valence-electron chi connectivity index (χ2n) is 10.6. The molecule has 2 aliphatic carbocycles. The molecule has 2 bridgehead atoms. The molecule has 3 aromatic carbocycles. The maximum atomic E-state index is 13.4. The van der Waals surface area contributed by atoms with Crippen molar-refractivity contribution >= 4 is 51.2 Å². The van der Waals surface area contributed by atoms with E-state index in [1.54, 1.807) is 19.2 Å². The van der Waals surface area contributed by atoms with Crippen LogP contribution in [-0.2, 0) is 4.79 Å². The smallest absolute Gasteiger partial charge is 0.256 e. The number of hydrogen-bond acceptors (Lipinski definition) is 5. The van der Waals surface area contributed by atoms with Crippen molar-refractivity contribution in [2.75, 3.05) is 18.2 Å². The monoisotopic (exact) mass is 528 g/mol. The van der Waals surface area contributed by atoms with Gasteiger partial charge in [0, 0.05) is 27.8 Å². The Morgan fingerprint density at radius 1 is 1.03 bits per heavy atom. The second kappa shape index (κ2) is 10.4. The fourth-order valence-corrected chi connectivity index (χ4v) is 7.30. The Hall–Kier alpha value is -3.45. The van der Waals surface area contributed by atoms with Crippen LogP contribution in [-0.4, -0.2) is 30.7 Å². The van der Waals surface area contributed by atoms with Gasteiger partial charge in [0.25, 0.3) is 5.91 Å². The number of amides is 2. The largest absolute Gasteiger partial charge is 0.495 e. The molecule has 0 aliphatic heterocycles. The van der Waals surface area contributed by atoms with E-state index in [9.17, 15) is 9.59 Å². The number of furan rings is 1. The van der Waals surface area contributed by atoms with Gasteiger partial charge in [-0.25, -0.2) is 0 Å². The standard InChI is InChI=1S/C31H32N2O4S/c1-18(23-14-19-11-12-20(23)13-19)32-30(34)17-38-29-10-6-4-8-22(29)31(35)33-25-16-27-24(15-28(25)36-2)21-7-3-5-9-26(21)37-27/h3-10,15-16,18-20,23H,11-14,17H2,1-2H3,(H,32,34)(H,33,35)/t18-,19-,20-,23+/m1/s1. The first kappa shape index (κ1) is 24.9. The molecule has 0 spiro atoms. The Morgan fingerprint density at radius 2 is 1.84 bits per heavy atom. The van der Waals surface area contributed by atoms with Crippen molar-refractivity contribution in [3.05, 3.63) is 66.2 Å². The van der Waals surface area contributed by atoms with Gasteiger partial charge in [-0.05, 0) is 68.2 Å². The van der Waals surface area contributed by atoms with Gasteiger partial charge in [0.2, 0.25) is 5.91 Å². The third kappa shape index (κ3) is 4.75. The molecule has 0 unspecified atom stereocenters. The van der Waals surface area contributed by atoms with Gasteiger partial charge in [-0.3, -0.25) is 9.59 Å². The highest BCUT2D eigenvalue weighted by molar-refractivity contribution is 8.00. The number of para-hydroxylation sites is 1. The second-order valence-corrected chi connectivity index (χ2v) is 11.6. The summed E-state index contributed by atoms with van der Waals surface area (Å²) in [6.45, 7) is 2.14. The Morgan fingerprint density at radius 3 is 2.63 bits per heavy atom. The van der Waals surface area contributed by atoms with Gasteiger partial charge >= 0.3 is 0 Å². The van der Waals surface area contributed by atoms with E-state index in [1.165, 1.54) is 37.4 Å². The van der Waals surface area contributed by atoms with Crippen LogP contribution in [0.4, 0.5) is 5.69 Å². The molecule has 0 radical (unpaired) electrons. The minimum Gasteiger partial charge on any atom is -0.495 e. The topological polar surface area (TPSA) is 80.6 Å². The zero-order valence-corrected chi connectivity index (χ0v) is 22.5. The first-order chi connectivity index (χ1) is 18.5. The van der Waals surface area contributed by atoms with Crippen LogP contribution in [0.1, 0.15) is 43.0 Å². The summed E-state index contributed by atoms with van der Waals surface area (Å²) in [5.74, 6) is 2.79. The number of thioether (sulfide) groups is 1. The summed E-state index contributed by atoms with van der Waals surface area (Å²) in [5, 5.41) is 8.13. The van der Waals surface area contributed by atoms with Crippen LogP contribution in [0.25, 0.3) is 21.9 Å². The minimum atomic E-state index is -0.266. The Labute approximate surface area is 226 Å². The fraction of sp³-hybridized carbons (Fsp3) is 0.355. The lowest BCUT2D eigenvalue weighted by molar-refractivity contribution is -0.119. The first-order valence-corrected chi connectivity index (χ1v) is 14.3. The predicted octanol–water partition coefficient (Wildman–Crippen LogP) is 6.88. The van der Waals surface area contributed by atoms with E-state index in [1.807, 2.05) is 48.5 Å². The van der Waals surface area contributed by atoms with Gasteiger partial charge in [0.05, 0.1) is 24.1 Å². The maximum absolute atomic E-state index is 13.4. The van der Waals surface area contributed by atoms with E-state index in [-0.39, 0.29) is 23.6 Å². The summed E-state index contributed by atoms with van der Waals surface area (Å²) in [6.07, 6.45) is 5.23. The fourth-order valence-electron chi connectivity index (χ4n) is 6.44. The average Bonchev–Trinajstić information content (AvgIpc) is 3.66. The van der Waals surface area contributed by atoms with Crippen molar-refractivity contribution in [2.45, 2.75) is 43.5 Å². The van der Waals surface area contributed by atoms with E-state index in [2.05, 4.69) is 17.6 Å². The highest BCUT2D eigenvalue weighted by atomic mass is 32.2. The van der Waals surface area contributed by atoms with Crippen LogP contribution in [0.3, 0.4) is 0 Å². The number of fused-ring (bicyclic) bond motifs is 5. The molecular formula is C31H32N2O4S. The molecule has 4 atom stereocenters. The third-order valence-electron chi connectivity index (χ3n) is 8.26. The lowest BCUT2D eigenvalue weighted by Crippen LogP contribution is -2.40. The number of hydrogen-bond donors (Lipinski definition) is 2. The summed E-state index contributed by atoms with van der Waals surface area (Å²) < 4.78 is 11.6. The van der Waals surface area contributed by atoms with Gasteiger partial charge in [0.15, 0.2) is 0 Å². The van der Waals surface area contributed by atoms with Crippen LogP contribution < -0.4 is 15.4 Å². The summed E-state index contributed by atoms with van der Waals surface area (Å²) in [4.78, 5) is 26.9. The Kier molecular flexibility index (Phi) is 6.78. The number of benzene rings is 3. The Bertz CT molecular complexity index is 1510. The molecule has 2 N–H and O–H groups in total. The number of nitrogens with one attached hydrogen (secondary N) is 2. The summed E-state index contributed by atoms with van der Waals surface area (Å²) in [5.41, 5.74) is 2.49. The maximum Gasteiger partial charge on any atom is 0.256 e. The number of carbonyl (C=O) groups excluding carboxylic acids is 2. The summed E-state index contributed by atoms with van der Waals surface area (Å²) >= 11 is 1.39. The SMILES string of the molecule is COc1cc2c(cc1NC(=O)c1ccccc1SCC(=O)N[C@H](C)[C@@H]1C[C@@H]3CC[C@@H]1C3)oc1ccccc12. The quantitative estimate of drug-likeness (QED) is 0.244. The molecule has 7 heteroatoms. The Balaban J connectivity index is 1.15. The summed E-state index contributed by atoms with van der Waals surface area (Å²) in [6, 6.07) is 19.1. The number of methoxy groups -OCH3 is 1. The molecule has 6 nitrogen and oxygen atoms in total. The van der Waals surface area contributed by atoms with E-state index in [0.29, 0.717) is 28.5 Å². The third-order valence-corrected chi connectivity index (χ3v) is 9.33. The zero-order chi connectivity index (χ0) is 26.2. The van der Waals surface area contributed by atoms with Gasteiger partial charge in [0.1, 0.15) is 16.9 Å². The van der Waals surface area contributed by atoms with Crippen molar-refractivity contribution < 1.29 is 18.7 Å². The van der Waals surface area contributed by atoms with Crippen molar-refractivity contribution in [3.63, 3.8) is 0 Å². The first-order valence-electron chi connectivity index (χ1n) is 13.3. The molecular weight excluding hydrogens is 496 g/mol. The van der Waals surface area contributed by atoms with Crippen LogP contribution in [0.15, 0.2) is 70.0 Å². The van der Waals surface area contributed by atoms with Crippen molar-refractivity contribution in [2.24, 2.45) is 17.8 Å². The normalized spacial score (nSPS) is 21.1. The average molecular weight is 529 g/mol. The molecule has 2 aliphatic rings. The molecule has 38 heavy (non-hydrogen) atoms. The van der Waals surface area contributed by atoms with Gasteiger partial charge in [-0.2, -0.15) is 0 Å². The van der Waals surface area contributed by atoms with Crippen LogP contribution in [0.5, 0.6) is 5.75 Å². The van der Waals surface area contributed by atoms with E-state index in [0.717, 1.165) is 33.1 Å². The number of carbonyl (C=O) groups is 2. The molecule has 1 heterocycles. The number of ether oxygens (including phenoxy) is 1. The van der Waals surface area contributed by atoms with Crippen molar-refractivity contribution in [1.82, 2.24) is 5.32 Å². The molecule has 196 valence electrons. The molecule has 0 saturated heterocycles. The van der Waals surface area contributed by atoms with Gasteiger partial charge in [-0.1, -0.05) is 36.8 Å². The lowest BCUT2D eigenvalue weighted by atomic mass is 9.84. The number of anilines is 1. The van der Waals surface area contributed by atoms with Crippen LogP contribution in [0.2, 0.25) is 0 Å². The van der Waals surface area contributed by atoms with Crippen LogP contribution >= 0.6 is 11.8 Å². The molecule has 2 saturated carbocycles. The molecule has 2 amide bonds. The van der Waals surface area contributed by atoms with Crippen molar-refractivity contribution in [1.29, 1.82) is 0 Å².